The Hall–Kier alpha value is -0.670. The van der Waals surface area contributed by atoms with Crippen LogP contribution in [0.3, 0.4) is 0 Å². The number of hydrogen-bond acceptors (Lipinski definition) is 5. The molecule has 2 atom stereocenters. The molecule has 0 aliphatic carbocycles. The highest BCUT2D eigenvalue weighted by Gasteiger charge is 2.66. The molecule has 0 amide bonds. The summed E-state index contributed by atoms with van der Waals surface area (Å²) in [6, 6.07) is 2.90. The molecule has 0 radical (unpaired) electrons. The lowest BCUT2D eigenvalue weighted by Crippen LogP contribution is -2.59. The van der Waals surface area contributed by atoms with Crippen molar-refractivity contribution >= 4 is 0 Å². The Balaban J connectivity index is 1.66. The molecule has 0 saturated carbocycles. The molecule has 1 spiro atoms. The van der Waals surface area contributed by atoms with Crippen molar-refractivity contribution in [3.05, 3.63) is 0 Å². The molecular weight excluding hydrogens is 214 g/mol. The van der Waals surface area contributed by atoms with Gasteiger partial charge in [0.1, 0.15) is 0 Å². The summed E-state index contributed by atoms with van der Waals surface area (Å²) in [5.74, 6) is 0.139. The van der Waals surface area contributed by atoms with Gasteiger partial charge in [-0.3, -0.25) is 19.6 Å². The summed E-state index contributed by atoms with van der Waals surface area (Å²) in [4.78, 5) is 10.6. The second-order valence-corrected chi connectivity index (χ2v) is 5.56. The molecule has 1 unspecified atom stereocenters. The van der Waals surface area contributed by atoms with Crippen LogP contribution in [0.1, 0.15) is 12.8 Å². The van der Waals surface area contributed by atoms with Gasteiger partial charge in [-0.1, -0.05) is 0 Å². The van der Waals surface area contributed by atoms with Crippen molar-refractivity contribution in [1.82, 2.24) is 19.6 Å². The molecule has 5 heteroatoms. The highest BCUT2D eigenvalue weighted by molar-refractivity contribution is 5.11. The lowest BCUT2D eigenvalue weighted by molar-refractivity contribution is -0.101. The van der Waals surface area contributed by atoms with Crippen LogP contribution in [-0.2, 0) is 0 Å². The number of nitriles is 1. The van der Waals surface area contributed by atoms with E-state index in [1.165, 1.54) is 39.3 Å². The molecule has 4 heterocycles. The van der Waals surface area contributed by atoms with Crippen molar-refractivity contribution in [3.63, 3.8) is 0 Å². The maximum absolute atomic E-state index is 8.78. The van der Waals surface area contributed by atoms with Gasteiger partial charge in [0.15, 0.2) is 5.91 Å². The smallest absolute Gasteiger partial charge is 0.192 e. The lowest BCUT2D eigenvalue weighted by Gasteiger charge is -2.40. The zero-order chi connectivity index (χ0) is 11.5. The van der Waals surface area contributed by atoms with Gasteiger partial charge in [0, 0.05) is 58.3 Å². The van der Waals surface area contributed by atoms with Gasteiger partial charge < -0.3 is 0 Å². The normalized spacial score (nSPS) is 41.9. The van der Waals surface area contributed by atoms with Crippen molar-refractivity contribution < 1.29 is 0 Å². The molecule has 4 saturated heterocycles. The average molecular weight is 233 g/mol. The van der Waals surface area contributed by atoms with Crippen LogP contribution in [0.15, 0.2) is 0 Å². The SMILES string of the molecule is N#CCCC1CN2CCN3CCN4CCN1[C@@]342. The van der Waals surface area contributed by atoms with Gasteiger partial charge in [-0.2, -0.15) is 5.26 Å². The van der Waals surface area contributed by atoms with Crippen LogP contribution >= 0.6 is 0 Å². The van der Waals surface area contributed by atoms with E-state index in [9.17, 15) is 0 Å². The summed E-state index contributed by atoms with van der Waals surface area (Å²) in [6.07, 6.45) is 1.74. The summed E-state index contributed by atoms with van der Waals surface area (Å²) in [5.41, 5.74) is 0. The van der Waals surface area contributed by atoms with Crippen molar-refractivity contribution in [2.45, 2.75) is 24.8 Å². The Morgan fingerprint density at radius 2 is 1.65 bits per heavy atom. The van der Waals surface area contributed by atoms with E-state index >= 15 is 0 Å². The molecule has 4 aliphatic heterocycles. The first kappa shape index (κ1) is 10.3. The van der Waals surface area contributed by atoms with Crippen LogP contribution in [0.25, 0.3) is 0 Å². The zero-order valence-corrected chi connectivity index (χ0v) is 10.2. The van der Waals surface area contributed by atoms with E-state index in [-0.39, 0.29) is 5.91 Å². The second-order valence-electron chi connectivity index (χ2n) is 5.56. The third-order valence-corrected chi connectivity index (χ3v) is 5.01. The Labute approximate surface area is 102 Å². The van der Waals surface area contributed by atoms with Crippen LogP contribution in [0.5, 0.6) is 0 Å². The van der Waals surface area contributed by atoms with E-state index in [2.05, 4.69) is 25.7 Å². The van der Waals surface area contributed by atoms with Gasteiger partial charge in [0.25, 0.3) is 0 Å². The van der Waals surface area contributed by atoms with Gasteiger partial charge in [-0.05, 0) is 6.42 Å². The standard InChI is InChI=1S/C12H19N5/c13-3-1-2-11-10-16-7-6-14-4-5-15-8-9-17(11)12(14,15)16/h11H,1-2,4-10H2/t11?,12-/m0/s1. The van der Waals surface area contributed by atoms with Crippen molar-refractivity contribution in [2.24, 2.45) is 0 Å². The van der Waals surface area contributed by atoms with E-state index in [0.717, 1.165) is 13.0 Å². The zero-order valence-electron chi connectivity index (χ0n) is 10.2. The molecule has 4 fully saturated rings. The maximum atomic E-state index is 8.78. The van der Waals surface area contributed by atoms with Gasteiger partial charge in [0.2, 0.25) is 0 Å². The van der Waals surface area contributed by atoms with Crippen LogP contribution in [-0.4, -0.2) is 77.4 Å². The molecule has 0 bridgehead atoms. The van der Waals surface area contributed by atoms with E-state index in [0.29, 0.717) is 12.5 Å². The summed E-state index contributed by atoms with van der Waals surface area (Å²) < 4.78 is 0. The molecule has 4 rings (SSSR count). The first-order valence-corrected chi connectivity index (χ1v) is 6.76. The number of nitrogens with zero attached hydrogens (tertiary/aromatic N) is 5. The third kappa shape index (κ3) is 1.08. The molecule has 92 valence electrons. The minimum atomic E-state index is 0.139. The first-order chi connectivity index (χ1) is 8.37. The summed E-state index contributed by atoms with van der Waals surface area (Å²) in [5, 5.41) is 8.78. The minimum absolute atomic E-state index is 0.139. The lowest BCUT2D eigenvalue weighted by atomic mass is 10.1. The predicted molar refractivity (Wildman–Crippen MR) is 62.8 cm³/mol. The molecule has 0 aromatic rings. The molecule has 0 aromatic heterocycles. The van der Waals surface area contributed by atoms with Crippen LogP contribution in [0, 0.1) is 11.3 Å². The fourth-order valence-electron chi connectivity index (χ4n) is 4.45. The van der Waals surface area contributed by atoms with Crippen molar-refractivity contribution in [2.75, 3.05) is 45.8 Å². The second kappa shape index (κ2) is 3.42. The maximum Gasteiger partial charge on any atom is 0.192 e. The Bertz CT molecular complexity index is 367. The summed E-state index contributed by atoms with van der Waals surface area (Å²) in [6.45, 7) is 8.41. The fraction of sp³-hybridized carbons (Fsp3) is 0.917. The average Bonchev–Trinajstić information content (AvgIpc) is 2.96. The molecular formula is C12H19N5. The Morgan fingerprint density at radius 3 is 2.35 bits per heavy atom. The van der Waals surface area contributed by atoms with Gasteiger partial charge >= 0.3 is 0 Å². The third-order valence-electron chi connectivity index (χ3n) is 5.01. The monoisotopic (exact) mass is 233 g/mol. The van der Waals surface area contributed by atoms with Crippen molar-refractivity contribution in [3.8, 4) is 6.07 Å². The minimum Gasteiger partial charge on any atom is -0.257 e. The van der Waals surface area contributed by atoms with E-state index in [1.54, 1.807) is 0 Å². The van der Waals surface area contributed by atoms with Crippen LogP contribution < -0.4 is 0 Å². The van der Waals surface area contributed by atoms with Crippen LogP contribution in [0.2, 0.25) is 0 Å². The highest BCUT2D eigenvalue weighted by atomic mass is 15.8. The van der Waals surface area contributed by atoms with E-state index in [4.69, 9.17) is 5.26 Å². The molecule has 0 N–H and O–H groups in total. The molecule has 4 aliphatic rings. The molecule has 17 heavy (non-hydrogen) atoms. The van der Waals surface area contributed by atoms with E-state index < -0.39 is 0 Å². The van der Waals surface area contributed by atoms with Gasteiger partial charge in [-0.25, -0.2) is 0 Å². The predicted octanol–water partition coefficient (Wildman–Crippen LogP) is -0.468. The fourth-order valence-corrected chi connectivity index (χ4v) is 4.45. The Kier molecular flexibility index (Phi) is 2.07. The molecule has 5 nitrogen and oxygen atoms in total. The summed E-state index contributed by atoms with van der Waals surface area (Å²) in [7, 11) is 0. The van der Waals surface area contributed by atoms with Gasteiger partial charge in [0.05, 0.1) is 6.07 Å². The topological polar surface area (TPSA) is 36.8 Å². The van der Waals surface area contributed by atoms with Gasteiger partial charge in [-0.15, -0.1) is 0 Å². The highest BCUT2D eigenvalue weighted by Crippen LogP contribution is 2.47. The summed E-state index contributed by atoms with van der Waals surface area (Å²) >= 11 is 0. The molecule has 0 aromatic carbocycles. The van der Waals surface area contributed by atoms with E-state index in [1.807, 2.05) is 0 Å². The first-order valence-electron chi connectivity index (χ1n) is 6.76. The van der Waals surface area contributed by atoms with Crippen LogP contribution in [0.4, 0.5) is 0 Å². The van der Waals surface area contributed by atoms with Crippen molar-refractivity contribution in [1.29, 1.82) is 5.26 Å². The number of hydrogen-bond donors (Lipinski definition) is 0. The quantitative estimate of drug-likeness (QED) is 0.645. The Morgan fingerprint density at radius 1 is 1.00 bits per heavy atom. The largest absolute Gasteiger partial charge is 0.257 e. The number of rotatable bonds is 2.